The van der Waals surface area contributed by atoms with Crippen LogP contribution < -0.4 is 10.2 Å². The molecule has 9 nitrogen and oxygen atoms in total. The SMILES string of the molecule is COC(=O)Cc1ccc(COc2c(-c3ccc(O)c(O)c3)oc3cc(O)cc(O)c3c2=O)cc1. The molecule has 0 aliphatic heterocycles. The third kappa shape index (κ3) is 4.44. The van der Waals surface area contributed by atoms with Gasteiger partial charge in [0.1, 0.15) is 29.1 Å². The number of methoxy groups -OCH3 is 1. The van der Waals surface area contributed by atoms with Gasteiger partial charge in [-0.1, -0.05) is 24.3 Å². The predicted octanol–water partition coefficient (Wildman–Crippen LogP) is 3.58. The number of phenolic OH excluding ortho intramolecular Hbond substituents is 4. The largest absolute Gasteiger partial charge is 0.508 e. The van der Waals surface area contributed by atoms with Gasteiger partial charge in [-0.15, -0.1) is 0 Å². The van der Waals surface area contributed by atoms with E-state index in [9.17, 15) is 30.0 Å². The average molecular weight is 464 g/mol. The quantitative estimate of drug-likeness (QED) is 0.248. The highest BCUT2D eigenvalue weighted by Gasteiger charge is 2.21. The van der Waals surface area contributed by atoms with Crippen LogP contribution in [-0.2, 0) is 22.6 Å². The Labute approximate surface area is 192 Å². The zero-order valence-electron chi connectivity index (χ0n) is 17.9. The molecule has 0 saturated carbocycles. The van der Waals surface area contributed by atoms with Gasteiger partial charge in [0.05, 0.1) is 13.5 Å². The van der Waals surface area contributed by atoms with Gasteiger partial charge in [0.15, 0.2) is 17.3 Å². The van der Waals surface area contributed by atoms with Crippen molar-refractivity contribution in [2.24, 2.45) is 0 Å². The Hall–Kier alpha value is -4.66. The topological polar surface area (TPSA) is 147 Å². The summed E-state index contributed by atoms with van der Waals surface area (Å²) in [5, 5.41) is 39.4. The van der Waals surface area contributed by atoms with E-state index < -0.39 is 16.9 Å². The van der Waals surface area contributed by atoms with E-state index in [2.05, 4.69) is 4.74 Å². The summed E-state index contributed by atoms with van der Waals surface area (Å²) in [6.45, 7) is -0.0509. The number of ether oxygens (including phenoxy) is 2. The van der Waals surface area contributed by atoms with E-state index in [1.165, 1.54) is 31.4 Å². The molecule has 9 heteroatoms. The van der Waals surface area contributed by atoms with Gasteiger partial charge in [-0.25, -0.2) is 0 Å². The van der Waals surface area contributed by atoms with E-state index in [-0.39, 0.29) is 58.5 Å². The van der Waals surface area contributed by atoms with Crippen LogP contribution >= 0.6 is 0 Å². The lowest BCUT2D eigenvalue weighted by Gasteiger charge is -2.13. The van der Waals surface area contributed by atoms with Crippen LogP contribution in [0, 0.1) is 0 Å². The average Bonchev–Trinajstić information content (AvgIpc) is 2.80. The molecule has 1 heterocycles. The van der Waals surface area contributed by atoms with Crippen LogP contribution in [0.25, 0.3) is 22.3 Å². The standard InChI is InChI=1S/C25H20O9/c1-32-21(30)8-13-2-4-14(5-3-13)12-33-25-23(31)22-19(29)10-16(26)11-20(22)34-24(25)15-6-7-17(27)18(28)9-15/h2-7,9-11,26-29H,8,12H2,1H3. The maximum atomic E-state index is 13.2. The minimum absolute atomic E-state index is 0.0509. The monoisotopic (exact) mass is 464 g/mol. The van der Waals surface area contributed by atoms with E-state index in [4.69, 9.17) is 9.15 Å². The summed E-state index contributed by atoms with van der Waals surface area (Å²) >= 11 is 0. The number of hydrogen-bond acceptors (Lipinski definition) is 9. The predicted molar refractivity (Wildman–Crippen MR) is 121 cm³/mol. The van der Waals surface area contributed by atoms with E-state index in [1.54, 1.807) is 24.3 Å². The highest BCUT2D eigenvalue weighted by molar-refractivity contribution is 5.88. The van der Waals surface area contributed by atoms with E-state index in [0.29, 0.717) is 5.56 Å². The second-order valence-corrected chi connectivity index (χ2v) is 7.49. The van der Waals surface area contributed by atoms with Gasteiger partial charge in [0.2, 0.25) is 11.2 Å². The first-order chi connectivity index (χ1) is 16.3. The lowest BCUT2D eigenvalue weighted by atomic mass is 10.1. The lowest BCUT2D eigenvalue weighted by molar-refractivity contribution is -0.139. The first-order valence-corrected chi connectivity index (χ1v) is 10.1. The Morgan fingerprint density at radius 1 is 0.882 bits per heavy atom. The summed E-state index contributed by atoms with van der Waals surface area (Å²) in [5.74, 6) is -2.28. The van der Waals surface area contributed by atoms with E-state index in [0.717, 1.165) is 11.6 Å². The highest BCUT2D eigenvalue weighted by atomic mass is 16.5. The molecule has 0 bridgehead atoms. The summed E-state index contributed by atoms with van der Waals surface area (Å²) < 4.78 is 16.2. The second-order valence-electron chi connectivity index (χ2n) is 7.49. The maximum Gasteiger partial charge on any atom is 0.309 e. The molecule has 3 aromatic carbocycles. The number of carbonyl (C=O) groups excluding carboxylic acids is 1. The summed E-state index contributed by atoms with van der Waals surface area (Å²) in [6.07, 6.45) is 0.118. The summed E-state index contributed by atoms with van der Waals surface area (Å²) in [4.78, 5) is 24.7. The van der Waals surface area contributed by atoms with Crippen molar-refractivity contribution in [1.29, 1.82) is 0 Å². The maximum absolute atomic E-state index is 13.2. The molecule has 34 heavy (non-hydrogen) atoms. The van der Waals surface area contributed by atoms with Gasteiger partial charge in [0.25, 0.3) is 0 Å². The summed E-state index contributed by atoms with van der Waals surface area (Å²) in [5.41, 5.74) is 0.863. The molecule has 0 spiro atoms. The van der Waals surface area contributed by atoms with Gasteiger partial charge >= 0.3 is 5.97 Å². The van der Waals surface area contributed by atoms with Gasteiger partial charge < -0.3 is 34.3 Å². The molecule has 0 saturated heterocycles. The number of carbonyl (C=O) groups is 1. The Morgan fingerprint density at radius 2 is 1.59 bits per heavy atom. The number of rotatable bonds is 6. The third-order valence-electron chi connectivity index (χ3n) is 5.14. The number of hydrogen-bond donors (Lipinski definition) is 4. The van der Waals surface area contributed by atoms with E-state index >= 15 is 0 Å². The normalized spacial score (nSPS) is 10.9. The van der Waals surface area contributed by atoms with Gasteiger partial charge in [-0.05, 0) is 29.3 Å². The number of phenols is 4. The minimum Gasteiger partial charge on any atom is -0.508 e. The smallest absolute Gasteiger partial charge is 0.309 e. The Balaban J connectivity index is 1.75. The van der Waals surface area contributed by atoms with Crippen LogP contribution in [0.3, 0.4) is 0 Å². The van der Waals surface area contributed by atoms with Crippen molar-refractivity contribution in [1.82, 2.24) is 0 Å². The van der Waals surface area contributed by atoms with E-state index in [1.807, 2.05) is 0 Å². The molecular formula is C25H20O9. The highest BCUT2D eigenvalue weighted by Crippen LogP contribution is 2.38. The molecule has 0 aliphatic rings. The van der Waals surface area contributed by atoms with Crippen molar-refractivity contribution in [3.63, 3.8) is 0 Å². The number of fused-ring (bicyclic) bond motifs is 1. The number of esters is 1. The molecule has 4 rings (SSSR count). The van der Waals surface area contributed by atoms with Crippen LogP contribution in [0.2, 0.25) is 0 Å². The molecule has 0 radical (unpaired) electrons. The van der Waals surface area contributed by atoms with Crippen LogP contribution in [0.4, 0.5) is 0 Å². The zero-order valence-corrected chi connectivity index (χ0v) is 17.9. The molecule has 0 amide bonds. The first kappa shape index (κ1) is 22.5. The van der Waals surface area contributed by atoms with Crippen molar-refractivity contribution in [2.75, 3.05) is 7.11 Å². The fourth-order valence-electron chi connectivity index (χ4n) is 3.40. The minimum atomic E-state index is -0.691. The van der Waals surface area contributed by atoms with Crippen molar-refractivity contribution >= 4 is 16.9 Å². The lowest BCUT2D eigenvalue weighted by Crippen LogP contribution is -2.10. The fourth-order valence-corrected chi connectivity index (χ4v) is 3.40. The number of aromatic hydroxyl groups is 4. The van der Waals surface area contributed by atoms with Crippen molar-refractivity contribution in [3.05, 3.63) is 75.9 Å². The van der Waals surface area contributed by atoms with Crippen molar-refractivity contribution in [2.45, 2.75) is 13.0 Å². The molecular weight excluding hydrogens is 444 g/mol. The molecule has 0 fully saturated rings. The van der Waals surface area contributed by atoms with Crippen LogP contribution in [-0.4, -0.2) is 33.5 Å². The van der Waals surface area contributed by atoms with Crippen molar-refractivity contribution < 1.29 is 39.1 Å². The van der Waals surface area contributed by atoms with Crippen LogP contribution in [0.15, 0.2) is 63.8 Å². The molecule has 4 aromatic rings. The molecule has 0 unspecified atom stereocenters. The van der Waals surface area contributed by atoms with Gasteiger partial charge in [0, 0.05) is 17.7 Å². The van der Waals surface area contributed by atoms with Crippen LogP contribution in [0.1, 0.15) is 11.1 Å². The number of benzene rings is 3. The molecule has 174 valence electrons. The van der Waals surface area contributed by atoms with Crippen LogP contribution in [0.5, 0.6) is 28.7 Å². The molecule has 0 aliphatic carbocycles. The van der Waals surface area contributed by atoms with Gasteiger partial charge in [-0.3, -0.25) is 9.59 Å². The van der Waals surface area contributed by atoms with Crippen molar-refractivity contribution in [3.8, 4) is 40.1 Å². The molecule has 4 N–H and O–H groups in total. The Morgan fingerprint density at radius 3 is 2.26 bits per heavy atom. The van der Waals surface area contributed by atoms with Gasteiger partial charge in [-0.2, -0.15) is 0 Å². The second kappa shape index (κ2) is 9.07. The fraction of sp³-hybridized carbons (Fsp3) is 0.120. The Bertz CT molecular complexity index is 1440. The molecule has 1 aromatic heterocycles. The third-order valence-corrected chi connectivity index (χ3v) is 5.14. The zero-order chi connectivity index (χ0) is 24.4. The Kier molecular flexibility index (Phi) is 6.01. The summed E-state index contributed by atoms with van der Waals surface area (Å²) in [6, 6.07) is 12.9. The summed E-state index contributed by atoms with van der Waals surface area (Å²) in [7, 11) is 1.31. The molecule has 0 atom stereocenters. The first-order valence-electron chi connectivity index (χ1n) is 10.1.